The van der Waals surface area contributed by atoms with Gasteiger partial charge in [-0.2, -0.15) is 0 Å². The monoisotopic (exact) mass is 297 g/mol. The van der Waals surface area contributed by atoms with Gasteiger partial charge in [0.15, 0.2) is 0 Å². The molecule has 0 bridgehead atoms. The molecule has 0 heterocycles. The number of rotatable bonds is 3. The molecule has 1 nitrogen and oxygen atoms in total. The maximum atomic E-state index is 6.00. The third kappa shape index (κ3) is 3.21. The summed E-state index contributed by atoms with van der Waals surface area (Å²) in [5.41, 5.74) is 8.04. The van der Waals surface area contributed by atoms with Gasteiger partial charge in [0.2, 0.25) is 0 Å². The highest BCUT2D eigenvalue weighted by atomic mass is 35.5. The normalized spacial score (nSPS) is 10.7. The predicted octanol–water partition coefficient (Wildman–Crippen LogP) is 4.91. The summed E-state index contributed by atoms with van der Waals surface area (Å²) in [5.74, 6) is 0. The van der Waals surface area contributed by atoms with Crippen molar-refractivity contribution < 1.29 is 0 Å². The summed E-state index contributed by atoms with van der Waals surface area (Å²) in [6.07, 6.45) is 0. The summed E-state index contributed by atoms with van der Waals surface area (Å²) in [5, 5.41) is 1.16. The van der Waals surface area contributed by atoms with E-state index in [9.17, 15) is 0 Å². The zero-order valence-electron chi connectivity index (χ0n) is 9.91. The molecule has 0 aliphatic heterocycles. The Bertz CT molecular complexity index is 570. The van der Waals surface area contributed by atoms with Crippen molar-refractivity contribution in [2.24, 2.45) is 5.73 Å². The fraction of sp³-hybridized carbons (Fsp3) is 0.143. The first kappa shape index (κ1) is 13.8. The van der Waals surface area contributed by atoms with Crippen molar-refractivity contribution in [1.82, 2.24) is 0 Å². The van der Waals surface area contributed by atoms with Crippen LogP contribution in [0.4, 0.5) is 0 Å². The largest absolute Gasteiger partial charge is 0.326 e. The molecule has 2 rings (SSSR count). The first-order valence-corrected chi connectivity index (χ1v) is 7.10. The molecule has 18 heavy (non-hydrogen) atoms. The van der Waals surface area contributed by atoms with Crippen molar-refractivity contribution in [3.8, 4) is 0 Å². The first-order chi connectivity index (χ1) is 8.60. The van der Waals surface area contributed by atoms with E-state index >= 15 is 0 Å². The maximum absolute atomic E-state index is 6.00. The number of hydrogen-bond donors (Lipinski definition) is 1. The van der Waals surface area contributed by atoms with Crippen molar-refractivity contribution in [1.29, 1.82) is 0 Å². The van der Waals surface area contributed by atoms with E-state index in [-0.39, 0.29) is 0 Å². The molecule has 0 fully saturated rings. The molecule has 0 unspecified atom stereocenters. The molecule has 0 spiro atoms. The van der Waals surface area contributed by atoms with Gasteiger partial charge in [0.05, 0.1) is 10.0 Å². The van der Waals surface area contributed by atoms with E-state index < -0.39 is 0 Å². The summed E-state index contributed by atoms with van der Waals surface area (Å²) >= 11 is 13.6. The van der Waals surface area contributed by atoms with Crippen LogP contribution in [0.15, 0.2) is 46.2 Å². The number of hydrogen-bond acceptors (Lipinski definition) is 2. The summed E-state index contributed by atoms with van der Waals surface area (Å²) in [6.45, 7) is 2.64. The number of aryl methyl sites for hydroxylation is 1. The predicted molar refractivity (Wildman–Crippen MR) is 79.7 cm³/mol. The molecule has 2 N–H and O–H groups in total. The summed E-state index contributed by atoms with van der Waals surface area (Å²) in [7, 11) is 0. The van der Waals surface area contributed by atoms with E-state index in [2.05, 4.69) is 25.1 Å². The average molecular weight is 298 g/mol. The molecule has 0 aliphatic rings. The van der Waals surface area contributed by atoms with Gasteiger partial charge in [-0.05, 0) is 48.4 Å². The van der Waals surface area contributed by atoms with Crippen LogP contribution in [-0.2, 0) is 6.54 Å². The second-order valence-corrected chi connectivity index (χ2v) is 5.93. The fourth-order valence-electron chi connectivity index (χ4n) is 1.64. The zero-order valence-corrected chi connectivity index (χ0v) is 12.2. The van der Waals surface area contributed by atoms with Crippen molar-refractivity contribution >= 4 is 35.0 Å². The molecule has 0 aromatic heterocycles. The highest BCUT2D eigenvalue weighted by molar-refractivity contribution is 7.99. The minimum atomic E-state index is 0.573. The quantitative estimate of drug-likeness (QED) is 0.871. The van der Waals surface area contributed by atoms with Crippen molar-refractivity contribution in [3.05, 3.63) is 57.6 Å². The molecular formula is C14H13Cl2NS. The molecule has 0 atom stereocenters. The van der Waals surface area contributed by atoms with Crippen LogP contribution in [0.1, 0.15) is 11.1 Å². The van der Waals surface area contributed by atoms with Crippen molar-refractivity contribution in [3.63, 3.8) is 0 Å². The van der Waals surface area contributed by atoms with E-state index in [1.165, 1.54) is 16.0 Å². The lowest BCUT2D eigenvalue weighted by Crippen LogP contribution is -1.98. The van der Waals surface area contributed by atoms with Gasteiger partial charge >= 0.3 is 0 Å². The molecule has 2 aromatic carbocycles. The molecule has 2 aromatic rings. The molecule has 0 aliphatic carbocycles. The van der Waals surface area contributed by atoms with Gasteiger partial charge < -0.3 is 5.73 Å². The minimum Gasteiger partial charge on any atom is -0.326 e. The zero-order chi connectivity index (χ0) is 13.1. The standard InChI is InChI=1S/C14H13Cl2NS/c1-9-6-11(3-2-10(9)8-17)18-12-4-5-13(15)14(16)7-12/h2-7H,8,17H2,1H3. The Morgan fingerprint density at radius 1 is 1.00 bits per heavy atom. The highest BCUT2D eigenvalue weighted by Crippen LogP contribution is 2.33. The van der Waals surface area contributed by atoms with E-state index in [1.54, 1.807) is 11.8 Å². The number of nitrogens with two attached hydrogens (primary N) is 1. The van der Waals surface area contributed by atoms with Crippen LogP contribution in [0.2, 0.25) is 10.0 Å². The highest BCUT2D eigenvalue weighted by Gasteiger charge is 2.03. The molecule has 94 valence electrons. The van der Waals surface area contributed by atoms with E-state index in [0.29, 0.717) is 16.6 Å². The lowest BCUT2D eigenvalue weighted by molar-refractivity contribution is 1.04. The molecule has 0 saturated carbocycles. The van der Waals surface area contributed by atoms with Crippen LogP contribution in [0.3, 0.4) is 0 Å². The third-order valence-corrected chi connectivity index (χ3v) is 4.38. The minimum absolute atomic E-state index is 0.573. The van der Waals surface area contributed by atoms with Gasteiger partial charge in [-0.3, -0.25) is 0 Å². The summed E-state index contributed by atoms with van der Waals surface area (Å²) in [6, 6.07) is 11.9. The molecule has 0 amide bonds. The second kappa shape index (κ2) is 5.98. The Labute approximate surface area is 121 Å². The summed E-state index contributed by atoms with van der Waals surface area (Å²) < 4.78 is 0. The number of halogens is 2. The lowest BCUT2D eigenvalue weighted by Gasteiger charge is -2.07. The molecular weight excluding hydrogens is 285 g/mol. The van der Waals surface area contributed by atoms with Gasteiger partial charge in [0.1, 0.15) is 0 Å². The fourth-order valence-corrected chi connectivity index (χ4v) is 2.96. The van der Waals surface area contributed by atoms with E-state index in [4.69, 9.17) is 28.9 Å². The first-order valence-electron chi connectivity index (χ1n) is 5.52. The van der Waals surface area contributed by atoms with Crippen LogP contribution in [0.25, 0.3) is 0 Å². The van der Waals surface area contributed by atoms with Gasteiger partial charge in [-0.1, -0.05) is 41.0 Å². The van der Waals surface area contributed by atoms with Crippen LogP contribution >= 0.6 is 35.0 Å². The topological polar surface area (TPSA) is 26.0 Å². The molecule has 4 heteroatoms. The van der Waals surface area contributed by atoms with Gasteiger partial charge in [-0.15, -0.1) is 0 Å². The van der Waals surface area contributed by atoms with E-state index in [1.807, 2.05) is 18.2 Å². The average Bonchev–Trinajstić information content (AvgIpc) is 2.34. The van der Waals surface area contributed by atoms with Gasteiger partial charge in [0.25, 0.3) is 0 Å². The SMILES string of the molecule is Cc1cc(Sc2ccc(Cl)c(Cl)c2)ccc1CN. The number of benzene rings is 2. The molecule has 0 saturated heterocycles. The Morgan fingerprint density at radius 3 is 2.28 bits per heavy atom. The van der Waals surface area contributed by atoms with Crippen LogP contribution in [0.5, 0.6) is 0 Å². The van der Waals surface area contributed by atoms with Crippen LogP contribution < -0.4 is 5.73 Å². The Morgan fingerprint density at radius 2 is 1.67 bits per heavy atom. The molecule has 0 radical (unpaired) electrons. The van der Waals surface area contributed by atoms with Gasteiger partial charge in [-0.25, -0.2) is 0 Å². The van der Waals surface area contributed by atoms with Crippen LogP contribution in [-0.4, -0.2) is 0 Å². The maximum Gasteiger partial charge on any atom is 0.0603 e. The Hall–Kier alpha value is -0.670. The van der Waals surface area contributed by atoms with E-state index in [0.717, 1.165) is 4.90 Å². The van der Waals surface area contributed by atoms with Gasteiger partial charge in [0, 0.05) is 16.3 Å². The smallest absolute Gasteiger partial charge is 0.0603 e. The Balaban J connectivity index is 2.23. The lowest BCUT2D eigenvalue weighted by atomic mass is 10.1. The summed E-state index contributed by atoms with van der Waals surface area (Å²) in [4.78, 5) is 2.24. The second-order valence-electron chi connectivity index (χ2n) is 3.97. The van der Waals surface area contributed by atoms with Crippen LogP contribution in [0, 0.1) is 6.92 Å². The van der Waals surface area contributed by atoms with Crippen molar-refractivity contribution in [2.75, 3.05) is 0 Å². The Kier molecular flexibility index (Phi) is 4.57. The van der Waals surface area contributed by atoms with Crippen molar-refractivity contribution in [2.45, 2.75) is 23.3 Å². The third-order valence-electron chi connectivity index (χ3n) is 2.66.